The second-order valence-electron chi connectivity index (χ2n) is 4.88. The first kappa shape index (κ1) is 9.61. The highest BCUT2D eigenvalue weighted by Gasteiger charge is 2.38. The molecular formula is C12H15ClN2. The zero-order valence-electron chi connectivity index (χ0n) is 8.72. The van der Waals surface area contributed by atoms with Crippen molar-refractivity contribution in [2.24, 2.45) is 5.41 Å². The molecule has 0 amide bonds. The van der Waals surface area contributed by atoms with Gasteiger partial charge in [-0.25, -0.2) is 4.98 Å². The molecule has 3 rings (SSSR count). The van der Waals surface area contributed by atoms with E-state index in [9.17, 15) is 0 Å². The lowest BCUT2D eigenvalue weighted by Gasteiger charge is -2.33. The molecule has 2 heterocycles. The summed E-state index contributed by atoms with van der Waals surface area (Å²) < 4.78 is 0. The summed E-state index contributed by atoms with van der Waals surface area (Å²) in [7, 11) is 0. The summed E-state index contributed by atoms with van der Waals surface area (Å²) in [6.45, 7) is 2.32. The third-order valence-electron chi connectivity index (χ3n) is 3.84. The van der Waals surface area contributed by atoms with Crippen LogP contribution in [0.4, 0.5) is 0 Å². The summed E-state index contributed by atoms with van der Waals surface area (Å²) >= 11 is 5.93. The number of pyridine rings is 1. The Morgan fingerprint density at radius 1 is 1.20 bits per heavy atom. The number of fused-ring (bicyclic) bond motifs is 1. The molecular weight excluding hydrogens is 208 g/mol. The highest BCUT2D eigenvalue weighted by Crippen LogP contribution is 2.43. The molecule has 1 aliphatic heterocycles. The van der Waals surface area contributed by atoms with Gasteiger partial charge in [-0.1, -0.05) is 11.6 Å². The number of hydrogen-bond acceptors (Lipinski definition) is 2. The lowest BCUT2D eigenvalue weighted by atomic mass is 9.76. The van der Waals surface area contributed by atoms with Gasteiger partial charge in [-0.3, -0.25) is 0 Å². The number of halogens is 1. The predicted molar refractivity (Wildman–Crippen MR) is 61.2 cm³/mol. The SMILES string of the molecule is Clc1cc2c(cn1)CC1(CCNCC1)C2. The molecule has 0 unspecified atom stereocenters. The topological polar surface area (TPSA) is 24.9 Å². The average molecular weight is 223 g/mol. The largest absolute Gasteiger partial charge is 0.317 e. The normalized spacial score (nSPS) is 23.0. The van der Waals surface area contributed by atoms with Gasteiger partial charge in [-0.15, -0.1) is 0 Å². The highest BCUT2D eigenvalue weighted by atomic mass is 35.5. The fourth-order valence-corrected chi connectivity index (χ4v) is 3.18. The minimum absolute atomic E-state index is 0.514. The standard InChI is InChI=1S/C12H15ClN2/c13-11-5-9-6-12(1-3-14-4-2-12)7-10(9)8-15-11/h5,8,14H,1-4,6-7H2. The van der Waals surface area contributed by atoms with Gasteiger partial charge in [0.2, 0.25) is 0 Å². The molecule has 0 saturated carbocycles. The first-order valence-electron chi connectivity index (χ1n) is 5.62. The van der Waals surface area contributed by atoms with E-state index >= 15 is 0 Å². The summed E-state index contributed by atoms with van der Waals surface area (Å²) in [5.41, 5.74) is 3.36. The minimum Gasteiger partial charge on any atom is -0.317 e. The van der Waals surface area contributed by atoms with E-state index in [1.165, 1.54) is 36.8 Å². The van der Waals surface area contributed by atoms with E-state index in [0.29, 0.717) is 10.6 Å². The smallest absolute Gasteiger partial charge is 0.129 e. The van der Waals surface area contributed by atoms with Crippen molar-refractivity contribution in [3.05, 3.63) is 28.5 Å². The maximum Gasteiger partial charge on any atom is 0.129 e. The van der Waals surface area contributed by atoms with Crippen molar-refractivity contribution >= 4 is 11.6 Å². The van der Waals surface area contributed by atoms with Crippen LogP contribution in [0.2, 0.25) is 5.15 Å². The quantitative estimate of drug-likeness (QED) is 0.681. The van der Waals surface area contributed by atoms with E-state index in [4.69, 9.17) is 11.6 Å². The molecule has 0 atom stereocenters. The van der Waals surface area contributed by atoms with Gasteiger partial charge < -0.3 is 5.32 Å². The van der Waals surface area contributed by atoms with Gasteiger partial charge in [0.1, 0.15) is 5.15 Å². The van der Waals surface area contributed by atoms with Gasteiger partial charge in [0.05, 0.1) is 0 Å². The Hall–Kier alpha value is -0.600. The third-order valence-corrected chi connectivity index (χ3v) is 4.05. The van der Waals surface area contributed by atoms with E-state index in [0.717, 1.165) is 13.1 Å². The van der Waals surface area contributed by atoms with Crippen LogP contribution < -0.4 is 5.32 Å². The second kappa shape index (κ2) is 3.46. The molecule has 1 aromatic rings. The summed E-state index contributed by atoms with van der Waals surface area (Å²) in [5, 5.41) is 4.07. The molecule has 0 radical (unpaired) electrons. The molecule has 15 heavy (non-hydrogen) atoms. The maximum atomic E-state index is 5.93. The predicted octanol–water partition coefficient (Wildman–Crippen LogP) is 2.20. The Bertz CT molecular complexity index is 383. The molecule has 1 spiro atoms. The molecule has 1 N–H and O–H groups in total. The van der Waals surface area contributed by atoms with Crippen molar-refractivity contribution < 1.29 is 0 Å². The van der Waals surface area contributed by atoms with Crippen molar-refractivity contribution in [2.75, 3.05) is 13.1 Å². The van der Waals surface area contributed by atoms with Crippen LogP contribution in [0.15, 0.2) is 12.3 Å². The monoisotopic (exact) mass is 222 g/mol. The van der Waals surface area contributed by atoms with Crippen LogP contribution in [0, 0.1) is 5.41 Å². The van der Waals surface area contributed by atoms with Crippen LogP contribution in [0.3, 0.4) is 0 Å². The number of hydrogen-bond donors (Lipinski definition) is 1. The zero-order valence-corrected chi connectivity index (χ0v) is 9.48. The van der Waals surface area contributed by atoms with Gasteiger partial charge in [0, 0.05) is 6.20 Å². The molecule has 0 bridgehead atoms. The Balaban J connectivity index is 1.90. The van der Waals surface area contributed by atoms with Gasteiger partial charge in [0.15, 0.2) is 0 Å². The fraction of sp³-hybridized carbons (Fsp3) is 0.583. The number of nitrogens with one attached hydrogen (secondary N) is 1. The van der Waals surface area contributed by atoms with E-state index < -0.39 is 0 Å². The molecule has 1 fully saturated rings. The molecule has 1 aliphatic carbocycles. The number of nitrogens with zero attached hydrogens (tertiary/aromatic N) is 1. The molecule has 80 valence electrons. The number of piperidine rings is 1. The first-order chi connectivity index (χ1) is 7.27. The Morgan fingerprint density at radius 3 is 2.73 bits per heavy atom. The molecule has 2 aliphatic rings. The van der Waals surface area contributed by atoms with E-state index in [2.05, 4.69) is 10.3 Å². The lowest BCUT2D eigenvalue weighted by molar-refractivity contribution is 0.216. The van der Waals surface area contributed by atoms with Crippen LogP contribution in [-0.2, 0) is 12.8 Å². The number of aromatic nitrogens is 1. The second-order valence-corrected chi connectivity index (χ2v) is 5.27. The maximum absolute atomic E-state index is 5.93. The first-order valence-corrected chi connectivity index (χ1v) is 5.99. The van der Waals surface area contributed by atoms with Crippen LogP contribution in [0.1, 0.15) is 24.0 Å². The van der Waals surface area contributed by atoms with Gasteiger partial charge in [-0.05, 0) is 61.4 Å². The van der Waals surface area contributed by atoms with Crippen LogP contribution >= 0.6 is 11.6 Å². The van der Waals surface area contributed by atoms with Gasteiger partial charge in [0.25, 0.3) is 0 Å². The van der Waals surface area contributed by atoms with Gasteiger partial charge in [-0.2, -0.15) is 0 Å². The molecule has 2 nitrogen and oxygen atoms in total. The van der Waals surface area contributed by atoms with Crippen LogP contribution in [0.25, 0.3) is 0 Å². The highest BCUT2D eigenvalue weighted by molar-refractivity contribution is 6.29. The lowest BCUT2D eigenvalue weighted by Crippen LogP contribution is -2.37. The van der Waals surface area contributed by atoms with E-state index in [1.54, 1.807) is 0 Å². The van der Waals surface area contributed by atoms with E-state index in [-0.39, 0.29) is 0 Å². The van der Waals surface area contributed by atoms with Crippen molar-refractivity contribution in [3.8, 4) is 0 Å². The Kier molecular flexibility index (Phi) is 2.22. The Morgan fingerprint density at radius 2 is 1.93 bits per heavy atom. The third kappa shape index (κ3) is 1.66. The molecule has 0 aromatic carbocycles. The summed E-state index contributed by atoms with van der Waals surface area (Å²) in [5.74, 6) is 0. The molecule has 3 heteroatoms. The van der Waals surface area contributed by atoms with E-state index in [1.807, 2.05) is 12.3 Å². The number of rotatable bonds is 0. The van der Waals surface area contributed by atoms with Gasteiger partial charge >= 0.3 is 0 Å². The minimum atomic E-state index is 0.514. The van der Waals surface area contributed by atoms with Crippen molar-refractivity contribution in [1.82, 2.24) is 10.3 Å². The Labute approximate surface area is 95.0 Å². The summed E-state index contributed by atoms with van der Waals surface area (Å²) in [4.78, 5) is 4.18. The van der Waals surface area contributed by atoms with Crippen LogP contribution in [0.5, 0.6) is 0 Å². The zero-order chi connectivity index (χ0) is 10.3. The van der Waals surface area contributed by atoms with Crippen molar-refractivity contribution in [3.63, 3.8) is 0 Å². The average Bonchev–Trinajstić information content (AvgIpc) is 2.56. The summed E-state index contributed by atoms with van der Waals surface area (Å²) in [6.07, 6.45) is 6.95. The fourth-order valence-electron chi connectivity index (χ4n) is 3.00. The van der Waals surface area contributed by atoms with Crippen molar-refractivity contribution in [1.29, 1.82) is 0 Å². The molecule has 1 saturated heterocycles. The molecule has 1 aromatic heterocycles. The summed E-state index contributed by atoms with van der Waals surface area (Å²) in [6, 6.07) is 2.05. The van der Waals surface area contributed by atoms with Crippen molar-refractivity contribution in [2.45, 2.75) is 25.7 Å². The van der Waals surface area contributed by atoms with Crippen LogP contribution in [-0.4, -0.2) is 18.1 Å².